The highest BCUT2D eigenvalue weighted by Crippen LogP contribution is 2.27. The third-order valence-electron chi connectivity index (χ3n) is 3.51. The highest BCUT2D eigenvalue weighted by molar-refractivity contribution is 5.99. The molecule has 0 saturated heterocycles. The molecule has 1 aromatic rings. The zero-order valence-electron chi connectivity index (χ0n) is 12.2. The molecule has 1 aliphatic rings. The van der Waals surface area contributed by atoms with Crippen LogP contribution in [-0.2, 0) is 16.0 Å². The maximum absolute atomic E-state index is 12.0. The van der Waals surface area contributed by atoms with Crippen LogP contribution in [0.3, 0.4) is 0 Å². The topological polar surface area (TPSA) is 93.4 Å². The van der Waals surface area contributed by atoms with E-state index in [1.165, 1.54) is 18.7 Å². The van der Waals surface area contributed by atoms with E-state index in [1.54, 1.807) is 0 Å². The first kappa shape index (κ1) is 15.6. The predicted molar refractivity (Wildman–Crippen MR) is 81.0 cm³/mol. The molecule has 6 nitrogen and oxygen atoms in total. The van der Waals surface area contributed by atoms with Gasteiger partial charge in [-0.25, -0.2) is 0 Å². The second kappa shape index (κ2) is 6.76. The number of carbonyl (C=O) groups is 2. The van der Waals surface area contributed by atoms with Gasteiger partial charge >= 0.3 is 5.97 Å². The van der Waals surface area contributed by atoms with Crippen LogP contribution in [0.1, 0.15) is 18.9 Å². The lowest BCUT2D eigenvalue weighted by Gasteiger charge is -2.28. The molecule has 0 bridgehead atoms. The van der Waals surface area contributed by atoms with Gasteiger partial charge in [0, 0.05) is 18.4 Å². The molecule has 1 atom stereocenters. The number of nitriles is 1. The van der Waals surface area contributed by atoms with E-state index < -0.39 is 17.9 Å². The summed E-state index contributed by atoms with van der Waals surface area (Å²) < 4.78 is 0. The van der Waals surface area contributed by atoms with Crippen molar-refractivity contribution in [2.75, 3.05) is 11.4 Å². The van der Waals surface area contributed by atoms with Crippen molar-refractivity contribution in [3.05, 3.63) is 41.6 Å². The van der Waals surface area contributed by atoms with Crippen LogP contribution in [0.4, 0.5) is 5.69 Å². The van der Waals surface area contributed by atoms with Gasteiger partial charge in [-0.2, -0.15) is 5.26 Å². The van der Waals surface area contributed by atoms with Crippen molar-refractivity contribution in [3.63, 3.8) is 0 Å². The highest BCUT2D eigenvalue weighted by Gasteiger charge is 2.20. The number of anilines is 1. The molecule has 0 spiro atoms. The fourth-order valence-corrected chi connectivity index (χ4v) is 2.33. The Bertz CT molecular complexity index is 661. The zero-order chi connectivity index (χ0) is 16.1. The zero-order valence-corrected chi connectivity index (χ0v) is 12.2. The summed E-state index contributed by atoms with van der Waals surface area (Å²) in [5.74, 6) is -1.82. The minimum Gasteiger partial charge on any atom is -0.480 e. The monoisotopic (exact) mass is 299 g/mol. The van der Waals surface area contributed by atoms with Crippen LogP contribution < -0.4 is 10.2 Å². The number of carbonyl (C=O) groups excluding carboxylic acids is 1. The van der Waals surface area contributed by atoms with E-state index in [0.717, 1.165) is 18.5 Å². The second-order valence-electron chi connectivity index (χ2n) is 5.11. The molecule has 0 aromatic heterocycles. The second-order valence-corrected chi connectivity index (χ2v) is 5.11. The van der Waals surface area contributed by atoms with Crippen LogP contribution in [0.5, 0.6) is 0 Å². The van der Waals surface area contributed by atoms with Crippen LogP contribution >= 0.6 is 0 Å². The van der Waals surface area contributed by atoms with Crippen molar-refractivity contribution in [2.45, 2.75) is 25.8 Å². The molecule has 6 heteroatoms. The highest BCUT2D eigenvalue weighted by atomic mass is 16.4. The molecular formula is C16H17N3O3. The normalized spacial score (nSPS) is 15.5. The van der Waals surface area contributed by atoms with Crippen molar-refractivity contribution < 1.29 is 14.7 Å². The van der Waals surface area contributed by atoms with Gasteiger partial charge in [-0.1, -0.05) is 18.2 Å². The number of rotatable bonds is 4. The van der Waals surface area contributed by atoms with E-state index in [-0.39, 0.29) is 5.57 Å². The average Bonchev–Trinajstić information content (AvgIpc) is 2.52. The average molecular weight is 299 g/mol. The number of hydrogen-bond acceptors (Lipinski definition) is 4. The number of aliphatic carboxylic acids is 1. The number of para-hydroxylation sites is 1. The number of carboxylic acids is 1. The Morgan fingerprint density at radius 1 is 1.45 bits per heavy atom. The Morgan fingerprint density at radius 2 is 2.18 bits per heavy atom. The molecule has 22 heavy (non-hydrogen) atoms. The summed E-state index contributed by atoms with van der Waals surface area (Å²) in [6.45, 7) is 2.06. The molecule has 2 rings (SSSR count). The van der Waals surface area contributed by atoms with Crippen molar-refractivity contribution in [1.82, 2.24) is 5.32 Å². The van der Waals surface area contributed by atoms with Gasteiger partial charge in [-0.05, 0) is 31.4 Å². The smallest absolute Gasteiger partial charge is 0.325 e. The molecule has 0 aliphatic carbocycles. The van der Waals surface area contributed by atoms with Gasteiger partial charge in [0.1, 0.15) is 17.7 Å². The first-order chi connectivity index (χ1) is 10.5. The minimum atomic E-state index is -1.14. The van der Waals surface area contributed by atoms with Gasteiger partial charge in [-0.3, -0.25) is 9.59 Å². The third kappa shape index (κ3) is 3.44. The van der Waals surface area contributed by atoms with E-state index in [1.807, 2.05) is 35.2 Å². The first-order valence-corrected chi connectivity index (χ1v) is 7.03. The summed E-state index contributed by atoms with van der Waals surface area (Å²) in [4.78, 5) is 24.6. The summed E-state index contributed by atoms with van der Waals surface area (Å²) in [7, 11) is 0. The van der Waals surface area contributed by atoms with Gasteiger partial charge < -0.3 is 15.3 Å². The molecule has 1 aromatic carbocycles. The Balaban J connectivity index is 2.22. The van der Waals surface area contributed by atoms with Crippen LogP contribution in [0.15, 0.2) is 36.0 Å². The quantitative estimate of drug-likeness (QED) is 0.648. The predicted octanol–water partition coefficient (Wildman–Crippen LogP) is 1.44. The number of nitrogens with zero attached hydrogens (tertiary/aromatic N) is 2. The van der Waals surface area contributed by atoms with Gasteiger partial charge in [0.2, 0.25) is 0 Å². The van der Waals surface area contributed by atoms with Crippen LogP contribution in [0.25, 0.3) is 0 Å². The molecule has 0 radical (unpaired) electrons. The van der Waals surface area contributed by atoms with Gasteiger partial charge in [0.05, 0.1) is 0 Å². The molecule has 1 aliphatic heterocycles. The molecular weight excluding hydrogens is 282 g/mol. The van der Waals surface area contributed by atoms with Crippen molar-refractivity contribution in [2.24, 2.45) is 0 Å². The number of benzene rings is 1. The van der Waals surface area contributed by atoms with E-state index >= 15 is 0 Å². The van der Waals surface area contributed by atoms with Crippen molar-refractivity contribution in [3.8, 4) is 6.07 Å². The standard InChI is InChI=1S/C16H17N3O3/c1-11(16(21)22)18-15(20)13(9-17)10-19-8-4-6-12-5-2-3-7-14(12)19/h2-3,5,7,10-11H,4,6,8H2,1H3,(H,18,20)(H,21,22)/b13-10-. The van der Waals surface area contributed by atoms with Gasteiger partial charge in [-0.15, -0.1) is 0 Å². The van der Waals surface area contributed by atoms with Crippen molar-refractivity contribution >= 4 is 17.6 Å². The lowest BCUT2D eigenvalue weighted by molar-refractivity contribution is -0.140. The fraction of sp³-hybridized carbons (Fsp3) is 0.312. The molecule has 2 N–H and O–H groups in total. The molecule has 1 heterocycles. The fourth-order valence-electron chi connectivity index (χ4n) is 2.33. The number of hydrogen-bond donors (Lipinski definition) is 2. The first-order valence-electron chi connectivity index (χ1n) is 7.03. The van der Waals surface area contributed by atoms with Gasteiger partial charge in [0.25, 0.3) is 5.91 Å². The number of amides is 1. The maximum Gasteiger partial charge on any atom is 0.325 e. The van der Waals surface area contributed by atoms with Crippen molar-refractivity contribution in [1.29, 1.82) is 5.26 Å². The van der Waals surface area contributed by atoms with E-state index in [2.05, 4.69) is 5.32 Å². The number of aryl methyl sites for hydroxylation is 1. The molecule has 1 amide bonds. The molecule has 0 saturated carbocycles. The molecule has 114 valence electrons. The summed E-state index contributed by atoms with van der Waals surface area (Å²) in [6.07, 6.45) is 3.38. The van der Waals surface area contributed by atoms with E-state index in [9.17, 15) is 14.9 Å². The summed E-state index contributed by atoms with van der Waals surface area (Å²) in [6, 6.07) is 8.62. The lowest BCUT2D eigenvalue weighted by Crippen LogP contribution is -2.39. The molecule has 0 fully saturated rings. The largest absolute Gasteiger partial charge is 0.480 e. The van der Waals surface area contributed by atoms with E-state index in [4.69, 9.17) is 5.11 Å². The Hall–Kier alpha value is -2.81. The Morgan fingerprint density at radius 3 is 2.86 bits per heavy atom. The third-order valence-corrected chi connectivity index (χ3v) is 3.51. The number of carboxylic acid groups (broad SMARTS) is 1. The minimum absolute atomic E-state index is 0.107. The molecule has 1 unspecified atom stereocenters. The van der Waals surface area contributed by atoms with Gasteiger partial charge in [0.15, 0.2) is 0 Å². The Kier molecular flexibility index (Phi) is 4.79. The summed E-state index contributed by atoms with van der Waals surface area (Å²) in [5.41, 5.74) is 2.03. The van der Waals surface area contributed by atoms with Crippen LogP contribution in [0.2, 0.25) is 0 Å². The van der Waals surface area contributed by atoms with Crippen LogP contribution in [0, 0.1) is 11.3 Å². The van der Waals surface area contributed by atoms with Crippen LogP contribution in [-0.4, -0.2) is 29.6 Å². The maximum atomic E-state index is 12.0. The van der Waals surface area contributed by atoms with E-state index in [0.29, 0.717) is 6.54 Å². The number of fused-ring (bicyclic) bond motifs is 1. The Labute approximate surface area is 128 Å². The summed E-state index contributed by atoms with van der Waals surface area (Å²) >= 11 is 0. The SMILES string of the molecule is CC(NC(=O)/C(C#N)=C\N1CCCc2ccccc21)C(=O)O. The summed E-state index contributed by atoms with van der Waals surface area (Å²) in [5, 5.41) is 20.3. The lowest BCUT2D eigenvalue weighted by atomic mass is 10.0. The number of nitrogens with one attached hydrogen (secondary N) is 1.